The van der Waals surface area contributed by atoms with Gasteiger partial charge in [0.25, 0.3) is 5.56 Å². The fraction of sp³-hybridized carbons (Fsp3) is 0.452. The first-order chi connectivity index (χ1) is 19.3. The molecule has 0 aliphatic carbocycles. The molecule has 3 aromatic rings. The van der Waals surface area contributed by atoms with E-state index in [1.165, 1.54) is 11.8 Å². The molecule has 0 radical (unpaired) electrons. The van der Waals surface area contributed by atoms with Crippen molar-refractivity contribution in [3.05, 3.63) is 81.3 Å². The minimum Gasteiger partial charge on any atom is -0.493 e. The molecule has 0 spiro atoms. The molecule has 1 amide bonds. The van der Waals surface area contributed by atoms with Gasteiger partial charge < -0.3 is 19.1 Å². The highest BCUT2D eigenvalue weighted by atomic mass is 32.2. The van der Waals surface area contributed by atoms with Crippen molar-refractivity contribution in [1.82, 2.24) is 14.5 Å². The fourth-order valence-electron chi connectivity index (χ4n) is 4.45. The highest BCUT2D eigenvalue weighted by Gasteiger charge is 2.26. The van der Waals surface area contributed by atoms with E-state index in [1.807, 2.05) is 55.6 Å². The summed E-state index contributed by atoms with van der Waals surface area (Å²) >= 11 is 1.36. The molecule has 1 aromatic heterocycles. The minimum absolute atomic E-state index is 0.0230. The maximum Gasteiger partial charge on any atom is 0.257 e. The summed E-state index contributed by atoms with van der Waals surface area (Å²) in [4.78, 5) is 33.7. The first-order valence-corrected chi connectivity index (χ1v) is 14.4. The second-order valence-corrected chi connectivity index (χ2v) is 10.9. The number of methoxy groups -OCH3 is 3. The fourth-order valence-corrected chi connectivity index (χ4v) is 5.67. The summed E-state index contributed by atoms with van der Waals surface area (Å²) in [5, 5.41) is 0.167. The molecule has 0 aliphatic heterocycles. The van der Waals surface area contributed by atoms with Crippen LogP contribution in [0.4, 0.5) is 0 Å². The number of thioether (sulfide) groups is 1. The number of unbranched alkanes of at least 4 members (excludes halogenated alkanes) is 1. The highest BCUT2D eigenvalue weighted by Crippen LogP contribution is 2.29. The number of nitrogens with zero attached hydrogens (tertiary/aromatic N) is 3. The van der Waals surface area contributed by atoms with Crippen LogP contribution >= 0.6 is 11.8 Å². The van der Waals surface area contributed by atoms with E-state index in [0.29, 0.717) is 53.7 Å². The number of rotatable bonds is 15. The minimum atomic E-state index is -0.358. The summed E-state index contributed by atoms with van der Waals surface area (Å²) in [6, 6.07) is 15.7. The number of carbonyl (C=O) groups is 1. The van der Waals surface area contributed by atoms with E-state index in [2.05, 4.69) is 6.92 Å². The summed E-state index contributed by atoms with van der Waals surface area (Å²) in [5.41, 5.74) is 3.20. The molecule has 1 atom stereocenters. The van der Waals surface area contributed by atoms with Crippen LogP contribution < -0.4 is 15.0 Å². The normalized spacial score (nSPS) is 11.8. The van der Waals surface area contributed by atoms with Gasteiger partial charge in [-0.25, -0.2) is 4.98 Å². The molecule has 0 saturated heterocycles. The molecule has 0 bridgehead atoms. The number of carbonyl (C=O) groups excluding carboxylic acids is 1. The molecule has 1 unspecified atom stereocenters. The SMILES string of the molecule is CCCCC(Sc1nc(COC)c(Cc2ccccc2)c(=O)n1C)C(=O)N(C)CCc1ccc(OC)c(OC)c1. The Hall–Kier alpha value is -3.30. The molecule has 216 valence electrons. The Morgan fingerprint density at radius 2 is 1.77 bits per heavy atom. The molecule has 2 aromatic carbocycles. The van der Waals surface area contributed by atoms with Crippen LogP contribution in [0.5, 0.6) is 11.5 Å². The Morgan fingerprint density at radius 1 is 1.05 bits per heavy atom. The first-order valence-electron chi connectivity index (χ1n) is 13.6. The van der Waals surface area contributed by atoms with E-state index in [9.17, 15) is 9.59 Å². The molecule has 0 N–H and O–H groups in total. The van der Waals surface area contributed by atoms with Crippen molar-refractivity contribution < 1.29 is 19.0 Å². The Bertz CT molecular complexity index is 1310. The predicted octanol–water partition coefficient (Wildman–Crippen LogP) is 4.89. The van der Waals surface area contributed by atoms with Gasteiger partial charge in [0.1, 0.15) is 0 Å². The standard InChI is InChI=1S/C31H41N3O5S/c1-7-8-14-28(30(36)33(2)18-17-23-15-16-26(38-5)27(20-23)39-6)40-31-32-25(21-37-4)24(29(35)34(31)3)19-22-12-10-9-11-13-22/h9-13,15-16,20,28H,7-8,14,17-19,21H2,1-6H3. The van der Waals surface area contributed by atoms with Gasteiger partial charge in [-0.1, -0.05) is 67.9 Å². The third-order valence-electron chi connectivity index (χ3n) is 6.84. The van der Waals surface area contributed by atoms with Crippen LogP contribution in [-0.2, 0) is 36.0 Å². The van der Waals surface area contributed by atoms with Gasteiger partial charge in [-0.15, -0.1) is 0 Å². The monoisotopic (exact) mass is 567 g/mol. The molecule has 8 nitrogen and oxygen atoms in total. The highest BCUT2D eigenvalue weighted by molar-refractivity contribution is 8.00. The Balaban J connectivity index is 1.81. The van der Waals surface area contributed by atoms with Crippen molar-refractivity contribution in [2.45, 2.75) is 56.0 Å². The number of amides is 1. The van der Waals surface area contributed by atoms with E-state index in [0.717, 1.165) is 24.0 Å². The van der Waals surface area contributed by atoms with Crippen LogP contribution in [0.2, 0.25) is 0 Å². The van der Waals surface area contributed by atoms with Crippen LogP contribution in [0.3, 0.4) is 0 Å². The van der Waals surface area contributed by atoms with Crippen molar-refractivity contribution in [2.24, 2.45) is 7.05 Å². The Labute approximate surface area is 241 Å². The van der Waals surface area contributed by atoms with E-state index >= 15 is 0 Å². The van der Waals surface area contributed by atoms with Gasteiger partial charge in [0.2, 0.25) is 5.91 Å². The maximum atomic E-state index is 13.6. The van der Waals surface area contributed by atoms with Crippen molar-refractivity contribution in [2.75, 3.05) is 34.9 Å². The zero-order chi connectivity index (χ0) is 29.1. The Morgan fingerprint density at radius 3 is 2.42 bits per heavy atom. The summed E-state index contributed by atoms with van der Waals surface area (Å²) in [7, 11) is 8.37. The quantitative estimate of drug-likeness (QED) is 0.191. The van der Waals surface area contributed by atoms with Crippen molar-refractivity contribution in [1.29, 1.82) is 0 Å². The second-order valence-electron chi connectivity index (χ2n) is 9.73. The van der Waals surface area contributed by atoms with Gasteiger partial charge in [-0.05, 0) is 36.1 Å². The van der Waals surface area contributed by atoms with Crippen molar-refractivity contribution in [3.8, 4) is 11.5 Å². The van der Waals surface area contributed by atoms with Crippen molar-refractivity contribution >= 4 is 17.7 Å². The van der Waals surface area contributed by atoms with Crippen LogP contribution in [0.1, 0.15) is 48.6 Å². The molecular formula is C31H41N3O5S. The van der Waals surface area contributed by atoms with Crippen LogP contribution in [0.25, 0.3) is 0 Å². The number of ether oxygens (including phenoxy) is 3. The van der Waals surface area contributed by atoms with Gasteiger partial charge in [-0.2, -0.15) is 0 Å². The molecule has 0 saturated carbocycles. The average Bonchev–Trinajstić information content (AvgIpc) is 2.98. The van der Waals surface area contributed by atoms with E-state index < -0.39 is 0 Å². The molecule has 0 aliphatic rings. The van der Waals surface area contributed by atoms with E-state index in [1.54, 1.807) is 37.8 Å². The van der Waals surface area contributed by atoms with Gasteiger partial charge in [0.05, 0.1) is 31.8 Å². The number of benzene rings is 2. The summed E-state index contributed by atoms with van der Waals surface area (Å²) in [6.45, 7) is 2.88. The lowest BCUT2D eigenvalue weighted by Gasteiger charge is -2.24. The lowest BCUT2D eigenvalue weighted by molar-refractivity contribution is -0.129. The zero-order valence-electron chi connectivity index (χ0n) is 24.4. The van der Waals surface area contributed by atoms with Gasteiger partial charge in [0.15, 0.2) is 16.7 Å². The van der Waals surface area contributed by atoms with E-state index in [4.69, 9.17) is 19.2 Å². The van der Waals surface area contributed by atoms with Crippen LogP contribution in [-0.4, -0.2) is 60.5 Å². The summed E-state index contributed by atoms with van der Waals surface area (Å²) in [6.07, 6.45) is 3.72. The molecule has 40 heavy (non-hydrogen) atoms. The third-order valence-corrected chi connectivity index (χ3v) is 8.13. The molecule has 9 heteroatoms. The lowest BCUT2D eigenvalue weighted by atomic mass is 10.0. The van der Waals surface area contributed by atoms with E-state index in [-0.39, 0.29) is 23.3 Å². The van der Waals surface area contributed by atoms with Gasteiger partial charge in [-0.3, -0.25) is 14.2 Å². The predicted molar refractivity (Wildman–Crippen MR) is 159 cm³/mol. The number of hydrogen-bond acceptors (Lipinski definition) is 7. The zero-order valence-corrected chi connectivity index (χ0v) is 25.3. The first kappa shape index (κ1) is 31.2. The number of likely N-dealkylation sites (N-methyl/N-ethyl adjacent to an activating group) is 1. The molecular weight excluding hydrogens is 526 g/mol. The van der Waals surface area contributed by atoms with Crippen molar-refractivity contribution in [3.63, 3.8) is 0 Å². The second kappa shape index (κ2) is 15.5. The molecule has 0 fully saturated rings. The average molecular weight is 568 g/mol. The topological polar surface area (TPSA) is 82.9 Å². The van der Waals surface area contributed by atoms with Gasteiger partial charge in [0, 0.05) is 39.7 Å². The Kier molecular flexibility index (Phi) is 12.1. The lowest BCUT2D eigenvalue weighted by Crippen LogP contribution is -2.37. The largest absolute Gasteiger partial charge is 0.493 e. The number of hydrogen-bond donors (Lipinski definition) is 0. The third kappa shape index (κ3) is 8.11. The molecule has 3 rings (SSSR count). The number of aromatic nitrogens is 2. The summed E-state index contributed by atoms with van der Waals surface area (Å²) in [5.74, 6) is 1.36. The van der Waals surface area contributed by atoms with Crippen LogP contribution in [0, 0.1) is 0 Å². The van der Waals surface area contributed by atoms with Crippen LogP contribution in [0.15, 0.2) is 58.5 Å². The summed E-state index contributed by atoms with van der Waals surface area (Å²) < 4.78 is 17.7. The maximum absolute atomic E-state index is 13.6. The smallest absolute Gasteiger partial charge is 0.257 e. The molecule has 1 heterocycles. The van der Waals surface area contributed by atoms with Gasteiger partial charge >= 0.3 is 0 Å².